The Morgan fingerprint density at radius 2 is 2.29 bits per heavy atom. The summed E-state index contributed by atoms with van der Waals surface area (Å²) in [6, 6.07) is 4.69. The standard InChI is InChI=1S/C11H14N2O4/c1-7-8(13(15)16)3-2-4-10(7)17-11-6-12-5-9(11)14/h2-4,9,11-12,14H,5-6H2,1H3. The fourth-order valence-electron chi connectivity index (χ4n) is 1.85. The van der Waals surface area contributed by atoms with Gasteiger partial charge in [-0.25, -0.2) is 0 Å². The summed E-state index contributed by atoms with van der Waals surface area (Å²) >= 11 is 0. The molecule has 1 heterocycles. The van der Waals surface area contributed by atoms with Crippen LogP contribution in [0.2, 0.25) is 0 Å². The summed E-state index contributed by atoms with van der Waals surface area (Å²) in [5.41, 5.74) is 0.513. The van der Waals surface area contributed by atoms with E-state index in [1.807, 2.05) is 0 Å². The van der Waals surface area contributed by atoms with E-state index < -0.39 is 11.0 Å². The van der Waals surface area contributed by atoms with Crippen molar-refractivity contribution in [2.45, 2.75) is 19.1 Å². The highest BCUT2D eigenvalue weighted by atomic mass is 16.6. The van der Waals surface area contributed by atoms with Crippen LogP contribution in [0.5, 0.6) is 5.75 Å². The number of nitro benzene ring substituents is 1. The average Bonchev–Trinajstić information content (AvgIpc) is 2.67. The Kier molecular flexibility index (Phi) is 3.26. The van der Waals surface area contributed by atoms with Crippen molar-refractivity contribution in [3.05, 3.63) is 33.9 Å². The largest absolute Gasteiger partial charge is 0.486 e. The zero-order valence-electron chi connectivity index (χ0n) is 9.42. The molecular formula is C11H14N2O4. The van der Waals surface area contributed by atoms with E-state index in [4.69, 9.17) is 4.74 Å². The maximum atomic E-state index is 10.8. The predicted molar refractivity (Wildman–Crippen MR) is 61.1 cm³/mol. The van der Waals surface area contributed by atoms with Gasteiger partial charge in [-0.05, 0) is 13.0 Å². The van der Waals surface area contributed by atoms with Crippen molar-refractivity contribution in [3.8, 4) is 5.75 Å². The summed E-state index contributed by atoms with van der Waals surface area (Å²) in [6.45, 7) is 2.67. The van der Waals surface area contributed by atoms with E-state index in [9.17, 15) is 15.2 Å². The Bertz CT molecular complexity index is 435. The van der Waals surface area contributed by atoms with E-state index >= 15 is 0 Å². The van der Waals surface area contributed by atoms with E-state index in [0.29, 0.717) is 24.4 Å². The lowest BCUT2D eigenvalue weighted by Crippen LogP contribution is -2.30. The second-order valence-corrected chi connectivity index (χ2v) is 4.04. The molecule has 0 aromatic heterocycles. The third kappa shape index (κ3) is 2.37. The molecule has 92 valence electrons. The Labute approximate surface area is 98.4 Å². The molecule has 6 nitrogen and oxygen atoms in total. The van der Waals surface area contributed by atoms with Gasteiger partial charge < -0.3 is 15.2 Å². The maximum Gasteiger partial charge on any atom is 0.276 e. The van der Waals surface area contributed by atoms with Crippen molar-refractivity contribution in [3.63, 3.8) is 0 Å². The molecular weight excluding hydrogens is 224 g/mol. The molecule has 1 aliphatic rings. The molecule has 2 N–H and O–H groups in total. The first-order chi connectivity index (χ1) is 8.09. The minimum absolute atomic E-state index is 0.0305. The first kappa shape index (κ1) is 11.8. The molecule has 0 bridgehead atoms. The number of hydrogen-bond acceptors (Lipinski definition) is 5. The molecule has 17 heavy (non-hydrogen) atoms. The molecule has 0 aliphatic carbocycles. The first-order valence-electron chi connectivity index (χ1n) is 5.39. The maximum absolute atomic E-state index is 10.8. The number of β-amino-alcohol motifs (C(OH)–C–C–N with tert-alkyl or cyclic N) is 1. The molecule has 1 saturated heterocycles. The highest BCUT2D eigenvalue weighted by Crippen LogP contribution is 2.28. The number of rotatable bonds is 3. The van der Waals surface area contributed by atoms with Gasteiger partial charge >= 0.3 is 0 Å². The normalized spacial score (nSPS) is 23.6. The second kappa shape index (κ2) is 4.68. The van der Waals surface area contributed by atoms with Crippen LogP contribution in [-0.2, 0) is 0 Å². The summed E-state index contributed by atoms with van der Waals surface area (Å²) in [5, 5.41) is 23.4. The molecule has 0 amide bonds. The van der Waals surface area contributed by atoms with Crippen molar-refractivity contribution in [1.82, 2.24) is 5.32 Å². The Morgan fingerprint density at radius 1 is 1.53 bits per heavy atom. The van der Waals surface area contributed by atoms with E-state index in [1.54, 1.807) is 19.1 Å². The van der Waals surface area contributed by atoms with Crippen molar-refractivity contribution in [2.24, 2.45) is 0 Å². The van der Waals surface area contributed by atoms with Gasteiger partial charge in [0.2, 0.25) is 0 Å². The Balaban J connectivity index is 2.21. The molecule has 1 aromatic carbocycles. The fourth-order valence-corrected chi connectivity index (χ4v) is 1.85. The summed E-state index contributed by atoms with van der Waals surface area (Å²) in [7, 11) is 0. The molecule has 2 rings (SSSR count). The van der Waals surface area contributed by atoms with Crippen molar-refractivity contribution in [2.75, 3.05) is 13.1 Å². The number of nitro groups is 1. The zero-order valence-corrected chi connectivity index (χ0v) is 9.42. The van der Waals surface area contributed by atoms with Crippen LogP contribution in [0.25, 0.3) is 0 Å². The van der Waals surface area contributed by atoms with Gasteiger partial charge in [-0.15, -0.1) is 0 Å². The Hall–Kier alpha value is -1.66. The van der Waals surface area contributed by atoms with Gasteiger partial charge in [0.25, 0.3) is 5.69 Å². The SMILES string of the molecule is Cc1c(OC2CNCC2O)cccc1[N+](=O)[O-]. The number of aliphatic hydroxyl groups excluding tert-OH is 1. The van der Waals surface area contributed by atoms with E-state index in [1.165, 1.54) is 6.07 Å². The molecule has 6 heteroatoms. The average molecular weight is 238 g/mol. The van der Waals surface area contributed by atoms with Gasteiger partial charge in [-0.1, -0.05) is 6.07 Å². The van der Waals surface area contributed by atoms with Crippen LogP contribution in [0, 0.1) is 17.0 Å². The van der Waals surface area contributed by atoms with E-state index in [2.05, 4.69) is 5.32 Å². The molecule has 0 radical (unpaired) electrons. The van der Waals surface area contributed by atoms with Crippen LogP contribution in [0.3, 0.4) is 0 Å². The number of hydrogen-bond donors (Lipinski definition) is 2. The molecule has 1 aromatic rings. The van der Waals surface area contributed by atoms with Crippen LogP contribution in [-0.4, -0.2) is 35.3 Å². The van der Waals surface area contributed by atoms with Gasteiger partial charge in [0.15, 0.2) is 0 Å². The zero-order chi connectivity index (χ0) is 12.4. The van der Waals surface area contributed by atoms with Crippen molar-refractivity contribution >= 4 is 5.69 Å². The van der Waals surface area contributed by atoms with Crippen LogP contribution in [0.15, 0.2) is 18.2 Å². The molecule has 2 atom stereocenters. The minimum Gasteiger partial charge on any atom is -0.486 e. The third-order valence-corrected chi connectivity index (χ3v) is 2.86. The lowest BCUT2D eigenvalue weighted by molar-refractivity contribution is -0.385. The van der Waals surface area contributed by atoms with Gasteiger partial charge in [0.1, 0.15) is 18.0 Å². The van der Waals surface area contributed by atoms with Gasteiger partial charge in [0, 0.05) is 19.2 Å². The second-order valence-electron chi connectivity index (χ2n) is 4.04. The van der Waals surface area contributed by atoms with Crippen molar-refractivity contribution < 1.29 is 14.8 Å². The highest BCUT2D eigenvalue weighted by Gasteiger charge is 2.27. The van der Waals surface area contributed by atoms with Crippen LogP contribution >= 0.6 is 0 Å². The summed E-state index contributed by atoms with van der Waals surface area (Å²) in [5.74, 6) is 0.451. The summed E-state index contributed by atoms with van der Waals surface area (Å²) in [6.07, 6.45) is -0.927. The fraction of sp³-hybridized carbons (Fsp3) is 0.455. The summed E-state index contributed by atoms with van der Waals surface area (Å²) < 4.78 is 5.59. The lowest BCUT2D eigenvalue weighted by Gasteiger charge is -2.17. The topological polar surface area (TPSA) is 84.6 Å². The minimum atomic E-state index is -0.575. The molecule has 1 aliphatic heterocycles. The molecule has 2 unspecified atom stereocenters. The number of ether oxygens (including phenoxy) is 1. The van der Waals surface area contributed by atoms with Crippen molar-refractivity contribution in [1.29, 1.82) is 0 Å². The van der Waals surface area contributed by atoms with E-state index in [-0.39, 0.29) is 11.8 Å². The number of benzene rings is 1. The third-order valence-electron chi connectivity index (χ3n) is 2.86. The van der Waals surface area contributed by atoms with Gasteiger partial charge in [-0.2, -0.15) is 0 Å². The van der Waals surface area contributed by atoms with Gasteiger partial charge in [-0.3, -0.25) is 10.1 Å². The first-order valence-corrected chi connectivity index (χ1v) is 5.39. The predicted octanol–water partition coefficient (Wildman–Crippen LogP) is 0.615. The number of aliphatic hydroxyl groups is 1. The monoisotopic (exact) mass is 238 g/mol. The molecule has 0 saturated carbocycles. The van der Waals surface area contributed by atoms with Crippen LogP contribution in [0.4, 0.5) is 5.69 Å². The Morgan fingerprint density at radius 3 is 2.88 bits per heavy atom. The number of nitrogens with one attached hydrogen (secondary N) is 1. The smallest absolute Gasteiger partial charge is 0.276 e. The lowest BCUT2D eigenvalue weighted by atomic mass is 10.1. The van der Waals surface area contributed by atoms with Gasteiger partial charge in [0.05, 0.1) is 10.5 Å². The molecule has 0 spiro atoms. The van der Waals surface area contributed by atoms with E-state index in [0.717, 1.165) is 0 Å². The summed E-state index contributed by atoms with van der Waals surface area (Å²) in [4.78, 5) is 10.3. The highest BCUT2D eigenvalue weighted by molar-refractivity contribution is 5.48. The quantitative estimate of drug-likeness (QED) is 0.595. The molecule has 1 fully saturated rings. The van der Waals surface area contributed by atoms with Crippen LogP contribution < -0.4 is 10.1 Å². The van der Waals surface area contributed by atoms with Crippen LogP contribution in [0.1, 0.15) is 5.56 Å². The number of nitrogens with zero attached hydrogens (tertiary/aromatic N) is 1.